The van der Waals surface area contributed by atoms with Crippen LogP contribution in [0.2, 0.25) is 26.2 Å². The molecule has 1 unspecified atom stereocenters. The van der Waals surface area contributed by atoms with Gasteiger partial charge in [-0.3, -0.25) is 4.79 Å². The van der Waals surface area contributed by atoms with Gasteiger partial charge in [0, 0.05) is 11.2 Å². The normalized spacial score (nSPS) is 14.8. The number of benzene rings is 1. The first kappa shape index (κ1) is 25.0. The van der Waals surface area contributed by atoms with Crippen LogP contribution >= 0.6 is 0 Å². The molecule has 0 amide bonds. The average Bonchev–Trinajstić information content (AvgIpc) is 2.41. The summed E-state index contributed by atoms with van der Waals surface area (Å²) in [5.41, 5.74) is 6.20. The van der Waals surface area contributed by atoms with Gasteiger partial charge in [-0.15, -0.1) is 0 Å². The second kappa shape index (κ2) is 8.40. The van der Waals surface area contributed by atoms with E-state index in [0.717, 1.165) is 5.56 Å². The molecule has 0 radical (unpaired) electrons. The van der Waals surface area contributed by atoms with Crippen molar-refractivity contribution in [1.82, 2.24) is 0 Å². The lowest BCUT2D eigenvalue weighted by Gasteiger charge is -2.39. The fourth-order valence-electron chi connectivity index (χ4n) is 3.72. The predicted octanol–water partition coefficient (Wildman–Crippen LogP) is 3.10. The fraction of sp³-hybridized carbons (Fsp3) is 0.667. The summed E-state index contributed by atoms with van der Waals surface area (Å²) in [6.45, 7) is 21.3. The molecule has 5 nitrogen and oxygen atoms in total. The summed E-state index contributed by atoms with van der Waals surface area (Å²) in [6, 6.07) is 5.29. The second-order valence-corrected chi connectivity index (χ2v) is 18.0. The Hall–Kier alpha value is -0.996. The highest BCUT2D eigenvalue weighted by Gasteiger charge is 2.40. The second-order valence-electron chi connectivity index (χ2n) is 10.5. The molecule has 0 aliphatic heterocycles. The van der Waals surface area contributed by atoms with Gasteiger partial charge in [-0.2, -0.15) is 0 Å². The maximum atomic E-state index is 11.2. The highest BCUT2D eigenvalue weighted by atomic mass is 28.4. The molecule has 1 rings (SSSR count). The first-order chi connectivity index (χ1) is 12.3. The van der Waals surface area contributed by atoms with Gasteiger partial charge in [-0.05, 0) is 90.1 Å². The molecule has 0 saturated carbocycles. The number of carboxylic acid groups (broad SMARTS) is 1. The lowest BCUT2D eigenvalue weighted by Crippen LogP contribution is -2.63. The van der Waals surface area contributed by atoms with Gasteiger partial charge in [0.05, 0.1) is 0 Å². The predicted molar refractivity (Wildman–Crippen MR) is 122 cm³/mol. The van der Waals surface area contributed by atoms with Gasteiger partial charge in [-0.1, -0.05) is 18.2 Å². The summed E-state index contributed by atoms with van der Waals surface area (Å²) in [5.74, 6) is -0.987. The minimum Gasteiger partial charge on any atom is -0.480 e. The SMILES string of the molecule is CC(C)(C)O[Si](C)(C)c1ccc(CC(N)C(=O)O)cc1[Si](C)(C)OC(C)(C)C. The van der Waals surface area contributed by atoms with Crippen LogP contribution in [0.1, 0.15) is 47.1 Å². The monoisotopic (exact) mass is 425 g/mol. The third-order valence-corrected chi connectivity index (χ3v) is 10.2. The molecule has 0 bridgehead atoms. The molecule has 0 fully saturated rings. The van der Waals surface area contributed by atoms with Gasteiger partial charge in [0.25, 0.3) is 0 Å². The Kier molecular flexibility index (Phi) is 7.51. The van der Waals surface area contributed by atoms with Crippen LogP contribution in [0.15, 0.2) is 18.2 Å². The Balaban J connectivity index is 3.52. The lowest BCUT2D eigenvalue weighted by atomic mass is 10.1. The summed E-state index contributed by atoms with van der Waals surface area (Å²) >= 11 is 0. The molecular formula is C21H39NO4Si2. The van der Waals surface area contributed by atoms with Crippen LogP contribution in [0, 0.1) is 0 Å². The number of nitrogens with two attached hydrogens (primary N) is 1. The molecule has 0 aliphatic carbocycles. The van der Waals surface area contributed by atoms with Crippen LogP contribution < -0.4 is 16.1 Å². The maximum absolute atomic E-state index is 11.2. The molecule has 0 aromatic heterocycles. The van der Waals surface area contributed by atoms with E-state index in [4.69, 9.17) is 14.6 Å². The van der Waals surface area contributed by atoms with Crippen LogP contribution in [0.25, 0.3) is 0 Å². The van der Waals surface area contributed by atoms with Crippen molar-refractivity contribution in [3.05, 3.63) is 23.8 Å². The Bertz CT molecular complexity index is 703. The zero-order chi connectivity index (χ0) is 22.1. The highest BCUT2D eigenvalue weighted by Crippen LogP contribution is 2.21. The van der Waals surface area contributed by atoms with Crippen LogP contribution in [0.5, 0.6) is 0 Å². The third kappa shape index (κ3) is 7.44. The molecule has 28 heavy (non-hydrogen) atoms. The first-order valence-electron chi connectivity index (χ1n) is 9.87. The van der Waals surface area contributed by atoms with E-state index in [1.807, 2.05) is 6.07 Å². The third-order valence-electron chi connectivity index (χ3n) is 4.28. The van der Waals surface area contributed by atoms with Crippen molar-refractivity contribution in [2.75, 3.05) is 0 Å². The van der Waals surface area contributed by atoms with Gasteiger partial charge in [0.1, 0.15) is 6.04 Å². The average molecular weight is 426 g/mol. The van der Waals surface area contributed by atoms with Crippen molar-refractivity contribution in [3.63, 3.8) is 0 Å². The molecule has 1 atom stereocenters. The molecule has 0 heterocycles. The molecule has 0 saturated heterocycles. The minimum atomic E-state index is -2.29. The molecule has 0 aliphatic rings. The summed E-state index contributed by atoms with van der Waals surface area (Å²) < 4.78 is 13.1. The van der Waals surface area contributed by atoms with E-state index in [9.17, 15) is 9.90 Å². The Morgan fingerprint density at radius 2 is 1.39 bits per heavy atom. The van der Waals surface area contributed by atoms with Crippen molar-refractivity contribution in [2.24, 2.45) is 5.73 Å². The quantitative estimate of drug-likeness (QED) is 0.656. The number of aliphatic carboxylic acids is 1. The molecular weight excluding hydrogens is 386 g/mol. The minimum absolute atomic E-state index is 0.242. The van der Waals surface area contributed by atoms with Gasteiger partial charge in [-0.25, -0.2) is 0 Å². The van der Waals surface area contributed by atoms with Crippen LogP contribution in [0.3, 0.4) is 0 Å². The molecule has 7 heteroatoms. The molecule has 1 aromatic carbocycles. The van der Waals surface area contributed by atoms with E-state index in [2.05, 4.69) is 79.9 Å². The van der Waals surface area contributed by atoms with E-state index < -0.39 is 28.6 Å². The summed E-state index contributed by atoms with van der Waals surface area (Å²) in [4.78, 5) is 11.2. The number of hydrogen-bond acceptors (Lipinski definition) is 4. The molecule has 3 N–H and O–H groups in total. The van der Waals surface area contributed by atoms with Crippen molar-refractivity contribution >= 4 is 33.0 Å². The summed E-state index contributed by atoms with van der Waals surface area (Å²) in [6.07, 6.45) is 0.296. The Labute approximate surface area is 172 Å². The van der Waals surface area contributed by atoms with E-state index >= 15 is 0 Å². The number of carbonyl (C=O) groups is 1. The van der Waals surface area contributed by atoms with Gasteiger partial charge < -0.3 is 19.7 Å². The Morgan fingerprint density at radius 1 is 0.964 bits per heavy atom. The first-order valence-corrected chi connectivity index (χ1v) is 15.7. The topological polar surface area (TPSA) is 81.8 Å². The van der Waals surface area contributed by atoms with Gasteiger partial charge in [0.2, 0.25) is 16.6 Å². The smallest absolute Gasteiger partial charge is 0.320 e. The largest absolute Gasteiger partial charge is 0.480 e. The van der Waals surface area contributed by atoms with E-state index in [1.165, 1.54) is 10.4 Å². The van der Waals surface area contributed by atoms with Gasteiger partial charge in [0.15, 0.2) is 0 Å². The number of rotatable bonds is 7. The molecule has 160 valence electrons. The zero-order valence-electron chi connectivity index (χ0n) is 19.3. The van der Waals surface area contributed by atoms with Crippen molar-refractivity contribution < 1.29 is 18.8 Å². The van der Waals surface area contributed by atoms with E-state index in [1.54, 1.807) is 0 Å². The van der Waals surface area contributed by atoms with Crippen LogP contribution in [0.4, 0.5) is 0 Å². The van der Waals surface area contributed by atoms with Crippen LogP contribution in [-0.2, 0) is 20.1 Å². The van der Waals surface area contributed by atoms with Gasteiger partial charge >= 0.3 is 5.97 Å². The van der Waals surface area contributed by atoms with Crippen LogP contribution in [-0.4, -0.2) is 45.0 Å². The number of hydrogen-bond donors (Lipinski definition) is 2. The summed E-state index contributed by atoms with van der Waals surface area (Å²) in [7, 11) is -4.51. The summed E-state index contributed by atoms with van der Waals surface area (Å²) in [5, 5.41) is 11.6. The highest BCUT2D eigenvalue weighted by molar-refractivity contribution is 6.94. The Morgan fingerprint density at radius 3 is 1.79 bits per heavy atom. The van der Waals surface area contributed by atoms with Crippen molar-refractivity contribution in [3.8, 4) is 0 Å². The molecule has 1 aromatic rings. The van der Waals surface area contributed by atoms with Crippen molar-refractivity contribution in [1.29, 1.82) is 0 Å². The zero-order valence-corrected chi connectivity index (χ0v) is 21.3. The maximum Gasteiger partial charge on any atom is 0.320 e. The molecule has 0 spiro atoms. The van der Waals surface area contributed by atoms with E-state index in [0.29, 0.717) is 6.42 Å². The van der Waals surface area contributed by atoms with Crippen molar-refractivity contribution in [2.45, 2.75) is 91.4 Å². The van der Waals surface area contributed by atoms with E-state index in [-0.39, 0.29) is 11.2 Å². The fourth-order valence-corrected chi connectivity index (χ4v) is 11.3. The standard InChI is InChI=1S/C21H39NO4Si2/c1-20(2,3)25-27(7,8)17-12-11-15(13-16(22)19(23)24)14-18(17)28(9,10)26-21(4,5)6/h11-12,14,16H,13,22H2,1-10H3,(H,23,24). The number of carboxylic acids is 1. The lowest BCUT2D eigenvalue weighted by molar-refractivity contribution is -0.138.